The molecule has 11 heavy (non-hydrogen) atoms. The molecule has 0 saturated heterocycles. The number of nitrogens with zero attached hydrogens (tertiary/aromatic N) is 1. The Bertz CT molecular complexity index is 217. The van der Waals surface area contributed by atoms with Crippen molar-refractivity contribution in [3.63, 3.8) is 0 Å². The molecular weight excluding hydrogens is 134 g/mol. The molecule has 1 fully saturated rings. The Morgan fingerprint density at radius 2 is 1.73 bits per heavy atom. The highest BCUT2D eigenvalue weighted by Gasteiger charge is 2.45. The Morgan fingerprint density at radius 3 is 2.36 bits per heavy atom. The van der Waals surface area contributed by atoms with Gasteiger partial charge < -0.3 is 0 Å². The minimum absolute atomic E-state index is 0.819. The first-order chi connectivity index (χ1) is 5.20. The van der Waals surface area contributed by atoms with E-state index in [-0.39, 0.29) is 0 Å². The van der Waals surface area contributed by atoms with Gasteiger partial charge in [-0.15, -0.1) is 0 Å². The van der Waals surface area contributed by atoms with Crippen LogP contribution >= 0.6 is 0 Å². The largest absolute Gasteiger partial charge is 0.212 e. The third kappa shape index (κ3) is 0.867. The lowest BCUT2D eigenvalue weighted by atomic mass is 9.59. The summed E-state index contributed by atoms with van der Waals surface area (Å²) in [4.78, 5) is 0. The van der Waals surface area contributed by atoms with Crippen LogP contribution in [0, 0.1) is 23.7 Å². The lowest BCUT2D eigenvalue weighted by molar-refractivity contribution is -0.419. The molecule has 0 aromatic carbocycles. The zero-order chi connectivity index (χ0) is 8.01. The number of rotatable bonds is 0. The third-order valence-corrected chi connectivity index (χ3v) is 3.38. The second-order valence-corrected chi connectivity index (χ2v) is 4.03. The average molecular weight is 150 g/mol. The van der Waals surface area contributed by atoms with Crippen molar-refractivity contribution in [1.29, 1.82) is 0 Å². The summed E-state index contributed by atoms with van der Waals surface area (Å²) in [5, 5.41) is 0. The highest BCUT2D eigenvalue weighted by molar-refractivity contribution is 5.59. The van der Waals surface area contributed by atoms with Crippen LogP contribution in [0.4, 0.5) is 0 Å². The van der Waals surface area contributed by atoms with Crippen LogP contribution in [0.15, 0.2) is 12.3 Å². The Morgan fingerprint density at radius 1 is 1.09 bits per heavy atom. The van der Waals surface area contributed by atoms with Crippen molar-refractivity contribution >= 4 is 6.21 Å². The quantitative estimate of drug-likeness (QED) is 0.463. The first-order valence-corrected chi connectivity index (χ1v) is 4.45. The summed E-state index contributed by atoms with van der Waals surface area (Å²) in [6, 6.07) is 0. The maximum atomic E-state index is 2.36. The van der Waals surface area contributed by atoms with Crippen molar-refractivity contribution in [2.24, 2.45) is 23.7 Å². The van der Waals surface area contributed by atoms with E-state index >= 15 is 0 Å². The molecule has 0 N–H and O–H groups in total. The lowest BCUT2D eigenvalue weighted by Crippen LogP contribution is -2.43. The molecule has 2 heterocycles. The summed E-state index contributed by atoms with van der Waals surface area (Å²) in [6.45, 7) is 4.71. The van der Waals surface area contributed by atoms with Gasteiger partial charge in [-0.25, -0.2) is 4.58 Å². The highest BCUT2D eigenvalue weighted by atomic mass is 14.9. The van der Waals surface area contributed by atoms with E-state index < -0.39 is 0 Å². The molecule has 0 aromatic rings. The second kappa shape index (κ2) is 2.20. The van der Waals surface area contributed by atoms with Crippen LogP contribution in [0.2, 0.25) is 0 Å². The Labute approximate surface area is 68.4 Å². The van der Waals surface area contributed by atoms with Crippen LogP contribution < -0.4 is 0 Å². The van der Waals surface area contributed by atoms with E-state index in [2.05, 4.69) is 44.0 Å². The van der Waals surface area contributed by atoms with E-state index in [1.54, 1.807) is 0 Å². The summed E-state index contributed by atoms with van der Waals surface area (Å²) in [6.07, 6.45) is 6.91. The van der Waals surface area contributed by atoms with Crippen LogP contribution in [-0.2, 0) is 0 Å². The zero-order valence-corrected chi connectivity index (χ0v) is 7.49. The maximum absolute atomic E-state index is 2.36. The Hall–Kier alpha value is -0.590. The number of fused-ring (bicyclic) bond motifs is 1. The van der Waals surface area contributed by atoms with Gasteiger partial charge in [0.15, 0.2) is 6.20 Å². The van der Waals surface area contributed by atoms with Crippen molar-refractivity contribution in [3.8, 4) is 0 Å². The molecule has 2 unspecified atom stereocenters. The molecule has 1 nitrogen and oxygen atoms in total. The van der Waals surface area contributed by atoms with E-state index in [0.29, 0.717) is 0 Å². The van der Waals surface area contributed by atoms with Gasteiger partial charge in [0.2, 0.25) is 0 Å². The van der Waals surface area contributed by atoms with Crippen LogP contribution in [0.5, 0.6) is 0 Å². The fourth-order valence-electron chi connectivity index (χ4n) is 2.50. The SMILES string of the molecule is CC1C2C=C[N+](C)=CC1C2C. The molecule has 0 amide bonds. The first kappa shape index (κ1) is 7.08. The average Bonchev–Trinajstić information content (AvgIpc) is 2.21. The Balaban J connectivity index is 2.30. The van der Waals surface area contributed by atoms with Crippen LogP contribution in [-0.4, -0.2) is 17.8 Å². The molecule has 3 rings (SSSR count). The van der Waals surface area contributed by atoms with Gasteiger partial charge in [0, 0.05) is 5.92 Å². The number of hydrogen-bond acceptors (Lipinski definition) is 0. The molecule has 60 valence electrons. The van der Waals surface area contributed by atoms with Crippen LogP contribution in [0.3, 0.4) is 0 Å². The fourth-order valence-corrected chi connectivity index (χ4v) is 2.50. The smallest absolute Gasteiger partial charge is 0.164 e. The molecule has 2 bridgehead atoms. The van der Waals surface area contributed by atoms with Gasteiger partial charge in [0.05, 0.1) is 0 Å². The van der Waals surface area contributed by atoms with E-state index in [9.17, 15) is 0 Å². The van der Waals surface area contributed by atoms with E-state index in [1.807, 2.05) is 0 Å². The predicted octanol–water partition coefficient (Wildman–Crippen LogP) is 1.75. The van der Waals surface area contributed by atoms with E-state index in [0.717, 1.165) is 23.7 Å². The topological polar surface area (TPSA) is 3.01 Å². The molecule has 2 atom stereocenters. The second-order valence-electron chi connectivity index (χ2n) is 4.03. The monoisotopic (exact) mass is 150 g/mol. The van der Waals surface area contributed by atoms with Gasteiger partial charge in [-0.2, -0.15) is 0 Å². The summed E-state index contributed by atoms with van der Waals surface area (Å²) < 4.78 is 2.20. The summed E-state index contributed by atoms with van der Waals surface area (Å²) in [5.74, 6) is 3.39. The van der Waals surface area contributed by atoms with Crippen LogP contribution in [0.25, 0.3) is 0 Å². The molecule has 1 heteroatoms. The molecule has 1 saturated carbocycles. The summed E-state index contributed by atoms with van der Waals surface area (Å²) >= 11 is 0. The number of hydrogen-bond donors (Lipinski definition) is 0. The molecule has 0 radical (unpaired) electrons. The highest BCUT2D eigenvalue weighted by Crippen LogP contribution is 2.46. The standard InChI is InChI=1S/C10H16N/c1-7-9-4-5-11(3)6-10(7)8(9)2/h4-10H,1-3H3/q+1. The van der Waals surface area contributed by atoms with E-state index in [4.69, 9.17) is 0 Å². The third-order valence-electron chi connectivity index (χ3n) is 3.38. The molecule has 3 aliphatic rings. The first-order valence-electron chi connectivity index (χ1n) is 4.45. The van der Waals surface area contributed by atoms with Crippen molar-refractivity contribution in [2.45, 2.75) is 13.8 Å². The van der Waals surface area contributed by atoms with Crippen molar-refractivity contribution in [3.05, 3.63) is 12.3 Å². The Kier molecular flexibility index (Phi) is 1.41. The minimum Gasteiger partial charge on any atom is -0.212 e. The van der Waals surface area contributed by atoms with Gasteiger partial charge in [0.1, 0.15) is 13.3 Å². The van der Waals surface area contributed by atoms with Crippen molar-refractivity contribution in [1.82, 2.24) is 0 Å². The van der Waals surface area contributed by atoms with Crippen molar-refractivity contribution < 1.29 is 4.58 Å². The van der Waals surface area contributed by atoms with Gasteiger partial charge in [-0.1, -0.05) is 13.8 Å². The van der Waals surface area contributed by atoms with Gasteiger partial charge in [0.25, 0.3) is 0 Å². The molecule has 0 aromatic heterocycles. The summed E-state index contributed by atoms with van der Waals surface area (Å²) in [5.41, 5.74) is 0. The van der Waals surface area contributed by atoms with E-state index in [1.165, 1.54) is 0 Å². The fraction of sp³-hybridized carbons (Fsp3) is 0.700. The molecule has 2 aliphatic heterocycles. The lowest BCUT2D eigenvalue weighted by Gasteiger charge is -2.43. The minimum atomic E-state index is 0.819. The van der Waals surface area contributed by atoms with Crippen molar-refractivity contribution in [2.75, 3.05) is 7.05 Å². The van der Waals surface area contributed by atoms with Gasteiger partial charge in [-0.05, 0) is 23.8 Å². The normalized spacial score (nSPS) is 47.7. The molecule has 1 aliphatic carbocycles. The van der Waals surface area contributed by atoms with Gasteiger partial charge >= 0.3 is 0 Å². The molecule has 0 spiro atoms. The van der Waals surface area contributed by atoms with Gasteiger partial charge in [-0.3, -0.25) is 0 Å². The zero-order valence-electron chi connectivity index (χ0n) is 7.49. The summed E-state index contributed by atoms with van der Waals surface area (Å²) in [7, 11) is 2.12. The number of allylic oxidation sites excluding steroid dienone is 1. The molecular formula is C10H16N+. The predicted molar refractivity (Wildman–Crippen MR) is 46.7 cm³/mol. The van der Waals surface area contributed by atoms with Crippen LogP contribution in [0.1, 0.15) is 13.8 Å². The maximum Gasteiger partial charge on any atom is 0.164 e.